The van der Waals surface area contributed by atoms with Crippen LogP contribution in [0.4, 0.5) is 11.5 Å². The number of ether oxygens (including phenoxy) is 3. The molecule has 1 aromatic heterocycles. The van der Waals surface area contributed by atoms with Gasteiger partial charge in [0, 0.05) is 20.2 Å². The largest absolute Gasteiger partial charge is 0.506 e. The molecule has 1 saturated heterocycles. The Kier molecular flexibility index (Phi) is 6.56. The molecule has 2 N–H and O–H groups in total. The number of benzene rings is 1. The number of carbonyl (C=O) groups is 1. The van der Waals surface area contributed by atoms with Gasteiger partial charge in [-0.15, -0.1) is 0 Å². The van der Waals surface area contributed by atoms with Gasteiger partial charge in [-0.25, -0.2) is 4.79 Å². The number of hydrogen-bond donors (Lipinski definition) is 2. The number of methoxy groups -OCH3 is 1. The molecular weight excluding hydrogens is 446 g/mol. The first kappa shape index (κ1) is 21.3. The number of para-hydroxylation sites is 2. The summed E-state index contributed by atoms with van der Waals surface area (Å²) >= 11 is 3.39. The summed E-state index contributed by atoms with van der Waals surface area (Å²) in [5.41, 5.74) is -0.179. The maximum atomic E-state index is 12.7. The van der Waals surface area contributed by atoms with Gasteiger partial charge in [-0.1, -0.05) is 19.1 Å². The zero-order chi connectivity index (χ0) is 21.1. The fourth-order valence-corrected chi connectivity index (χ4v) is 3.68. The molecule has 1 fully saturated rings. The van der Waals surface area contributed by atoms with Crippen LogP contribution in [0.2, 0.25) is 0 Å². The number of hydrogen-bond acceptors (Lipinski definition) is 8. The Morgan fingerprint density at radius 3 is 2.72 bits per heavy atom. The summed E-state index contributed by atoms with van der Waals surface area (Å²) in [5.74, 6) is -0.184. The molecule has 9 nitrogen and oxygen atoms in total. The van der Waals surface area contributed by atoms with E-state index in [1.54, 1.807) is 18.2 Å². The standard InChI is InChI=1S/C19H22BrN3O6/c1-4-14-15(28-10(2)24)16(27-3)18(29-14)23-9-11(20)17(22-19(23)26)21-12-7-5-6-8-13(12)25/h5-9,14-16,18,25H,4H2,1-3H3,(H,21,22,26)/t14-,15+,16?,18-/m1/s1. The van der Waals surface area contributed by atoms with Gasteiger partial charge in [-0.3, -0.25) is 9.36 Å². The molecule has 0 spiro atoms. The predicted molar refractivity (Wildman–Crippen MR) is 108 cm³/mol. The number of halogens is 1. The van der Waals surface area contributed by atoms with E-state index in [1.807, 2.05) is 6.92 Å². The summed E-state index contributed by atoms with van der Waals surface area (Å²) in [6, 6.07) is 6.61. The summed E-state index contributed by atoms with van der Waals surface area (Å²) < 4.78 is 18.6. The monoisotopic (exact) mass is 467 g/mol. The number of esters is 1. The van der Waals surface area contributed by atoms with Gasteiger partial charge in [0.1, 0.15) is 11.9 Å². The second-order valence-electron chi connectivity index (χ2n) is 6.52. The molecular formula is C19H22BrN3O6. The predicted octanol–water partition coefficient (Wildman–Crippen LogP) is 2.71. The highest BCUT2D eigenvalue weighted by atomic mass is 79.9. The number of rotatable bonds is 6. The summed E-state index contributed by atoms with van der Waals surface area (Å²) in [6.07, 6.45) is -0.449. The molecule has 0 amide bonds. The van der Waals surface area contributed by atoms with Crippen molar-refractivity contribution in [1.82, 2.24) is 9.55 Å². The summed E-state index contributed by atoms with van der Waals surface area (Å²) in [5, 5.41) is 12.8. The molecule has 0 bridgehead atoms. The van der Waals surface area contributed by atoms with E-state index in [9.17, 15) is 14.7 Å². The molecule has 0 saturated carbocycles. The average Bonchev–Trinajstić information content (AvgIpc) is 3.02. The van der Waals surface area contributed by atoms with Crippen LogP contribution in [0.25, 0.3) is 0 Å². The lowest BCUT2D eigenvalue weighted by Crippen LogP contribution is -2.39. The Balaban J connectivity index is 1.93. The smallest absolute Gasteiger partial charge is 0.351 e. The summed E-state index contributed by atoms with van der Waals surface area (Å²) in [4.78, 5) is 28.3. The van der Waals surface area contributed by atoms with Crippen molar-refractivity contribution in [2.75, 3.05) is 12.4 Å². The Bertz CT molecular complexity index is 950. The molecule has 4 atom stereocenters. The minimum Gasteiger partial charge on any atom is -0.506 e. The van der Waals surface area contributed by atoms with Crippen molar-refractivity contribution in [3.05, 3.63) is 45.4 Å². The van der Waals surface area contributed by atoms with Crippen molar-refractivity contribution in [1.29, 1.82) is 0 Å². The number of carbonyl (C=O) groups excluding carboxylic acids is 1. The molecule has 29 heavy (non-hydrogen) atoms. The highest BCUT2D eigenvalue weighted by Crippen LogP contribution is 2.35. The van der Waals surface area contributed by atoms with Gasteiger partial charge < -0.3 is 24.6 Å². The number of aromatic hydroxyl groups is 1. The Labute approximate surface area is 175 Å². The molecule has 1 aliphatic rings. The average molecular weight is 468 g/mol. The van der Waals surface area contributed by atoms with Gasteiger partial charge >= 0.3 is 11.7 Å². The Morgan fingerprint density at radius 2 is 2.10 bits per heavy atom. The van der Waals surface area contributed by atoms with E-state index in [1.165, 1.54) is 30.9 Å². The number of phenols is 1. The van der Waals surface area contributed by atoms with Crippen molar-refractivity contribution < 1.29 is 24.1 Å². The fraction of sp³-hybridized carbons (Fsp3) is 0.421. The lowest BCUT2D eigenvalue weighted by atomic mass is 10.1. The van der Waals surface area contributed by atoms with Crippen molar-refractivity contribution in [2.45, 2.75) is 44.8 Å². The van der Waals surface area contributed by atoms with E-state index in [0.717, 1.165) is 0 Å². The maximum Gasteiger partial charge on any atom is 0.351 e. The molecule has 1 aromatic carbocycles. The van der Waals surface area contributed by atoms with Crippen LogP contribution in [0.5, 0.6) is 5.75 Å². The highest BCUT2D eigenvalue weighted by Gasteiger charge is 2.47. The van der Waals surface area contributed by atoms with Crippen molar-refractivity contribution in [3.63, 3.8) is 0 Å². The van der Waals surface area contributed by atoms with Gasteiger partial charge in [0.15, 0.2) is 18.1 Å². The zero-order valence-electron chi connectivity index (χ0n) is 16.2. The van der Waals surface area contributed by atoms with Crippen molar-refractivity contribution in [2.24, 2.45) is 0 Å². The van der Waals surface area contributed by atoms with Crippen LogP contribution in [0.15, 0.2) is 39.7 Å². The van der Waals surface area contributed by atoms with Gasteiger partial charge in [0.2, 0.25) is 0 Å². The fourth-order valence-electron chi connectivity index (χ4n) is 3.27. The Hall–Kier alpha value is -2.43. The zero-order valence-corrected chi connectivity index (χ0v) is 17.8. The van der Waals surface area contributed by atoms with Crippen molar-refractivity contribution >= 4 is 33.4 Å². The lowest BCUT2D eigenvalue weighted by molar-refractivity contribution is -0.153. The van der Waals surface area contributed by atoms with Crippen LogP contribution in [0.1, 0.15) is 26.5 Å². The van der Waals surface area contributed by atoms with Crippen LogP contribution in [-0.4, -0.2) is 46.0 Å². The van der Waals surface area contributed by atoms with E-state index in [0.29, 0.717) is 16.6 Å². The second-order valence-corrected chi connectivity index (χ2v) is 7.37. The first-order valence-electron chi connectivity index (χ1n) is 9.04. The molecule has 1 aliphatic heterocycles. The third kappa shape index (κ3) is 4.44. The van der Waals surface area contributed by atoms with Gasteiger partial charge in [0.25, 0.3) is 0 Å². The van der Waals surface area contributed by atoms with Crippen molar-refractivity contribution in [3.8, 4) is 5.75 Å². The van der Waals surface area contributed by atoms with Gasteiger partial charge in [-0.2, -0.15) is 4.98 Å². The third-order valence-electron chi connectivity index (χ3n) is 4.60. The first-order chi connectivity index (χ1) is 13.8. The minimum atomic E-state index is -0.815. The second kappa shape index (κ2) is 8.93. The molecule has 2 aromatic rings. The van der Waals surface area contributed by atoms with E-state index < -0.39 is 36.2 Å². The molecule has 156 valence electrons. The number of aromatic nitrogens is 2. The van der Waals surface area contributed by atoms with Crippen LogP contribution in [-0.2, 0) is 19.0 Å². The van der Waals surface area contributed by atoms with Gasteiger partial charge in [0.05, 0.1) is 16.3 Å². The van der Waals surface area contributed by atoms with Crippen LogP contribution in [0.3, 0.4) is 0 Å². The third-order valence-corrected chi connectivity index (χ3v) is 5.18. The number of anilines is 2. The first-order valence-corrected chi connectivity index (χ1v) is 9.84. The maximum absolute atomic E-state index is 12.7. The summed E-state index contributed by atoms with van der Waals surface area (Å²) in [7, 11) is 1.47. The molecule has 3 rings (SSSR count). The van der Waals surface area contributed by atoms with E-state index >= 15 is 0 Å². The highest BCUT2D eigenvalue weighted by molar-refractivity contribution is 9.10. The molecule has 10 heteroatoms. The Morgan fingerprint density at radius 1 is 1.38 bits per heavy atom. The summed E-state index contributed by atoms with van der Waals surface area (Å²) in [6.45, 7) is 3.21. The lowest BCUT2D eigenvalue weighted by Gasteiger charge is -2.23. The van der Waals surface area contributed by atoms with E-state index in [4.69, 9.17) is 14.2 Å². The molecule has 1 unspecified atom stereocenters. The SMILES string of the molecule is CC[C@H]1O[C@@H](n2cc(Br)c(Nc3ccccc3O)nc2=O)C(OC)[C@H]1OC(C)=O. The normalized spacial score (nSPS) is 23.7. The molecule has 0 radical (unpaired) electrons. The number of phenolic OH excluding ortho intramolecular Hbond substituents is 1. The molecule has 0 aliphatic carbocycles. The number of nitrogens with zero attached hydrogens (tertiary/aromatic N) is 2. The van der Waals surface area contributed by atoms with Crippen LogP contribution >= 0.6 is 15.9 Å². The quantitative estimate of drug-likeness (QED) is 0.492. The van der Waals surface area contributed by atoms with E-state index in [-0.39, 0.29) is 11.6 Å². The topological polar surface area (TPSA) is 112 Å². The minimum absolute atomic E-state index is 0.0268. The van der Waals surface area contributed by atoms with Gasteiger partial charge in [-0.05, 0) is 34.5 Å². The number of nitrogens with one attached hydrogen (secondary N) is 1. The van der Waals surface area contributed by atoms with Crippen LogP contribution < -0.4 is 11.0 Å². The molecule has 2 heterocycles. The van der Waals surface area contributed by atoms with Crippen LogP contribution in [0, 0.1) is 0 Å². The van der Waals surface area contributed by atoms with E-state index in [2.05, 4.69) is 26.2 Å².